The summed E-state index contributed by atoms with van der Waals surface area (Å²) in [6.45, 7) is 2.26. The number of anilines is 3. The van der Waals surface area contributed by atoms with Gasteiger partial charge in [0.05, 0.1) is 12.2 Å². The van der Waals surface area contributed by atoms with Gasteiger partial charge in [-0.3, -0.25) is 4.79 Å². The fourth-order valence-electron chi connectivity index (χ4n) is 2.85. The highest BCUT2D eigenvalue weighted by Gasteiger charge is 2.27. The lowest BCUT2D eigenvalue weighted by Crippen LogP contribution is -2.37. The van der Waals surface area contributed by atoms with Crippen molar-refractivity contribution in [1.29, 1.82) is 0 Å². The predicted molar refractivity (Wildman–Crippen MR) is 86.4 cm³/mol. The molecule has 0 saturated carbocycles. The number of fused-ring (bicyclic) bond motifs is 1. The molecular formula is C17H18FN3O. The third-order valence-electron chi connectivity index (χ3n) is 3.93. The van der Waals surface area contributed by atoms with E-state index in [0.29, 0.717) is 5.69 Å². The molecule has 1 amide bonds. The Balaban J connectivity index is 1.73. The first-order valence-electron chi connectivity index (χ1n) is 7.24. The highest BCUT2D eigenvalue weighted by Crippen LogP contribution is 2.31. The maximum Gasteiger partial charge on any atom is 0.243 e. The molecule has 0 aliphatic carbocycles. The number of hydrogen-bond acceptors (Lipinski definition) is 3. The van der Waals surface area contributed by atoms with E-state index in [4.69, 9.17) is 5.73 Å². The van der Waals surface area contributed by atoms with E-state index in [-0.39, 0.29) is 24.2 Å². The lowest BCUT2D eigenvalue weighted by Gasteiger charge is -2.24. The number of carbonyl (C=O) groups excluding carboxylic acids is 1. The molecule has 1 aliphatic rings. The summed E-state index contributed by atoms with van der Waals surface area (Å²) in [5.74, 6) is -0.745. The molecule has 0 fully saturated rings. The van der Waals surface area contributed by atoms with Gasteiger partial charge in [-0.15, -0.1) is 0 Å². The van der Waals surface area contributed by atoms with Gasteiger partial charge in [0.1, 0.15) is 5.82 Å². The minimum Gasteiger partial charge on any atom is -0.399 e. The van der Waals surface area contributed by atoms with Gasteiger partial charge in [0, 0.05) is 17.4 Å². The normalized spacial score (nSPS) is 16.5. The van der Waals surface area contributed by atoms with Crippen molar-refractivity contribution in [3.05, 3.63) is 53.8 Å². The lowest BCUT2D eigenvalue weighted by atomic mass is 10.1. The summed E-state index contributed by atoms with van der Waals surface area (Å²) in [6.07, 6.45) is 0.913. The SMILES string of the molecule is CC1Cc2ccccc2N1CC(=O)Nc1cc(N)ccc1F. The van der Waals surface area contributed by atoms with Gasteiger partial charge in [0.2, 0.25) is 5.91 Å². The molecule has 3 rings (SSSR count). The van der Waals surface area contributed by atoms with Crippen molar-refractivity contribution >= 4 is 23.0 Å². The van der Waals surface area contributed by atoms with E-state index in [2.05, 4.69) is 18.3 Å². The molecule has 1 heterocycles. The number of benzene rings is 2. The summed E-state index contributed by atoms with van der Waals surface area (Å²) in [6, 6.07) is 12.4. The number of rotatable bonds is 3. The van der Waals surface area contributed by atoms with Gasteiger partial charge >= 0.3 is 0 Å². The number of nitrogens with two attached hydrogens (primary N) is 1. The molecule has 2 aromatic rings. The van der Waals surface area contributed by atoms with E-state index in [1.165, 1.54) is 23.8 Å². The molecule has 0 spiro atoms. The van der Waals surface area contributed by atoms with Crippen molar-refractivity contribution in [1.82, 2.24) is 0 Å². The molecule has 0 aromatic heterocycles. The fourth-order valence-corrected chi connectivity index (χ4v) is 2.85. The monoisotopic (exact) mass is 299 g/mol. The van der Waals surface area contributed by atoms with Gasteiger partial charge in [-0.25, -0.2) is 4.39 Å². The van der Waals surface area contributed by atoms with E-state index in [1.807, 2.05) is 23.1 Å². The summed E-state index contributed by atoms with van der Waals surface area (Å²) in [5.41, 5.74) is 8.46. The molecular weight excluding hydrogens is 281 g/mol. The van der Waals surface area contributed by atoms with Crippen LogP contribution in [0.4, 0.5) is 21.5 Å². The van der Waals surface area contributed by atoms with E-state index in [0.717, 1.165) is 12.1 Å². The maximum absolute atomic E-state index is 13.7. The molecule has 1 aliphatic heterocycles. The number of amides is 1. The molecule has 4 nitrogen and oxygen atoms in total. The van der Waals surface area contributed by atoms with Crippen LogP contribution >= 0.6 is 0 Å². The molecule has 3 N–H and O–H groups in total. The second kappa shape index (κ2) is 5.67. The third kappa shape index (κ3) is 2.74. The second-order valence-electron chi connectivity index (χ2n) is 5.60. The molecule has 1 unspecified atom stereocenters. The summed E-state index contributed by atoms with van der Waals surface area (Å²) in [7, 11) is 0. The molecule has 5 heteroatoms. The van der Waals surface area contributed by atoms with Gasteiger partial charge in [0.25, 0.3) is 0 Å². The Hall–Kier alpha value is -2.56. The van der Waals surface area contributed by atoms with Crippen LogP contribution in [-0.4, -0.2) is 18.5 Å². The standard InChI is InChI=1S/C17H18FN3O/c1-11-8-12-4-2-3-5-16(12)21(11)10-17(22)20-15-9-13(19)6-7-14(15)18/h2-7,9,11H,8,10,19H2,1H3,(H,20,22). The smallest absolute Gasteiger partial charge is 0.243 e. The molecule has 2 aromatic carbocycles. The average molecular weight is 299 g/mol. The van der Waals surface area contributed by atoms with Crippen LogP contribution in [0.5, 0.6) is 0 Å². The minimum atomic E-state index is -0.488. The van der Waals surface area contributed by atoms with E-state index < -0.39 is 5.82 Å². The highest BCUT2D eigenvalue weighted by atomic mass is 19.1. The number of nitrogens with one attached hydrogen (secondary N) is 1. The first-order valence-corrected chi connectivity index (χ1v) is 7.24. The number of halogens is 1. The minimum absolute atomic E-state index is 0.116. The van der Waals surface area contributed by atoms with Crippen LogP contribution < -0.4 is 16.0 Å². The number of carbonyl (C=O) groups is 1. The van der Waals surface area contributed by atoms with Gasteiger partial charge in [-0.1, -0.05) is 18.2 Å². The van der Waals surface area contributed by atoms with Crippen molar-refractivity contribution in [3.8, 4) is 0 Å². The highest BCUT2D eigenvalue weighted by molar-refractivity contribution is 5.95. The number of hydrogen-bond donors (Lipinski definition) is 2. The quantitative estimate of drug-likeness (QED) is 0.857. The van der Waals surface area contributed by atoms with Crippen LogP contribution in [0.1, 0.15) is 12.5 Å². The van der Waals surface area contributed by atoms with Crippen molar-refractivity contribution in [2.75, 3.05) is 22.5 Å². The average Bonchev–Trinajstić information content (AvgIpc) is 2.79. The first-order chi connectivity index (χ1) is 10.5. The van der Waals surface area contributed by atoms with Gasteiger partial charge in [-0.2, -0.15) is 0 Å². The molecule has 22 heavy (non-hydrogen) atoms. The van der Waals surface area contributed by atoms with E-state index in [9.17, 15) is 9.18 Å². The Morgan fingerprint density at radius 1 is 1.36 bits per heavy atom. The Bertz CT molecular complexity index is 717. The topological polar surface area (TPSA) is 58.4 Å². The van der Waals surface area contributed by atoms with Crippen molar-refractivity contribution in [3.63, 3.8) is 0 Å². The Morgan fingerprint density at radius 2 is 2.14 bits per heavy atom. The Kier molecular flexibility index (Phi) is 3.71. The second-order valence-corrected chi connectivity index (χ2v) is 5.60. The Morgan fingerprint density at radius 3 is 2.95 bits per heavy atom. The zero-order valence-electron chi connectivity index (χ0n) is 12.3. The van der Waals surface area contributed by atoms with Gasteiger partial charge in [0.15, 0.2) is 0 Å². The molecule has 0 saturated heterocycles. The number of nitrogen functional groups attached to an aromatic ring is 1. The summed E-state index contributed by atoms with van der Waals surface area (Å²) < 4.78 is 13.7. The van der Waals surface area contributed by atoms with Crippen molar-refractivity contribution in [2.45, 2.75) is 19.4 Å². The summed E-state index contributed by atoms with van der Waals surface area (Å²) >= 11 is 0. The third-order valence-corrected chi connectivity index (χ3v) is 3.93. The predicted octanol–water partition coefficient (Wildman–Crippen LogP) is 2.80. The van der Waals surface area contributed by atoms with Gasteiger partial charge in [-0.05, 0) is 43.2 Å². The largest absolute Gasteiger partial charge is 0.399 e. The van der Waals surface area contributed by atoms with Crippen LogP contribution in [0.15, 0.2) is 42.5 Å². The van der Waals surface area contributed by atoms with Crippen LogP contribution in [0.2, 0.25) is 0 Å². The molecule has 1 atom stereocenters. The Labute approximate surface area is 128 Å². The molecule has 0 bridgehead atoms. The van der Waals surface area contributed by atoms with Gasteiger partial charge < -0.3 is 16.0 Å². The van der Waals surface area contributed by atoms with Crippen LogP contribution in [0, 0.1) is 5.82 Å². The zero-order chi connectivity index (χ0) is 15.7. The van der Waals surface area contributed by atoms with Crippen LogP contribution in [0.3, 0.4) is 0 Å². The lowest BCUT2D eigenvalue weighted by molar-refractivity contribution is -0.115. The molecule has 0 radical (unpaired) electrons. The number of para-hydroxylation sites is 1. The van der Waals surface area contributed by atoms with E-state index >= 15 is 0 Å². The van der Waals surface area contributed by atoms with Crippen LogP contribution in [-0.2, 0) is 11.2 Å². The van der Waals surface area contributed by atoms with Crippen molar-refractivity contribution in [2.24, 2.45) is 0 Å². The number of nitrogens with zero attached hydrogens (tertiary/aromatic N) is 1. The van der Waals surface area contributed by atoms with Crippen molar-refractivity contribution < 1.29 is 9.18 Å². The van der Waals surface area contributed by atoms with Crippen LogP contribution in [0.25, 0.3) is 0 Å². The maximum atomic E-state index is 13.7. The van der Waals surface area contributed by atoms with E-state index in [1.54, 1.807) is 0 Å². The molecule has 114 valence electrons. The fraction of sp³-hybridized carbons (Fsp3) is 0.235. The first kappa shape index (κ1) is 14.4. The summed E-state index contributed by atoms with van der Waals surface area (Å²) in [5, 5.41) is 2.59. The zero-order valence-corrected chi connectivity index (χ0v) is 12.3. The summed E-state index contributed by atoms with van der Waals surface area (Å²) in [4.78, 5) is 14.3.